The van der Waals surface area contributed by atoms with Crippen LogP contribution in [0.3, 0.4) is 0 Å². The van der Waals surface area contributed by atoms with Crippen LogP contribution in [0.2, 0.25) is 0 Å². The quantitative estimate of drug-likeness (QED) is 0.0374. The largest absolute Gasteiger partial charge is 1.00 e. The van der Waals surface area contributed by atoms with E-state index >= 15 is 0 Å². The van der Waals surface area contributed by atoms with E-state index in [9.17, 15) is 29.1 Å². The molecule has 0 radical (unpaired) electrons. The SMILES string of the molecule is C=CCc1ccc(C(=O)NN(C(=O)c2cc(C)cc(C)c2)C(C)(C)C)c(C)c1O.C=CCc1ccc(C(=O)NN(C(=O)c2cc(C)cc(C)c2)C(C)(C)C)c(C)c1OC(C)=O.O=CO[O-].[Na+]. The maximum Gasteiger partial charge on any atom is 1.00 e. The van der Waals surface area contributed by atoms with Crippen LogP contribution >= 0.6 is 0 Å². The number of nitrogens with one attached hydrogen (secondary N) is 2. The van der Waals surface area contributed by atoms with E-state index in [0.717, 1.165) is 27.8 Å². The maximum atomic E-state index is 13.3. The molecule has 4 amide bonds. The first-order valence-electron chi connectivity index (χ1n) is 20.8. The summed E-state index contributed by atoms with van der Waals surface area (Å²) in [7, 11) is 0. The normalized spacial score (nSPS) is 10.5. The van der Waals surface area contributed by atoms with Crippen LogP contribution in [0, 0.1) is 41.5 Å². The van der Waals surface area contributed by atoms with E-state index in [1.54, 1.807) is 74.5 Å². The third kappa shape index (κ3) is 16.4. The Bertz CT molecular complexity index is 2390. The van der Waals surface area contributed by atoms with Crippen molar-refractivity contribution in [3.63, 3.8) is 0 Å². The summed E-state index contributed by atoms with van der Waals surface area (Å²) in [6.07, 6.45) is 4.39. The molecule has 0 heterocycles. The molecule has 0 saturated carbocycles. The molecule has 3 N–H and O–H groups in total. The predicted octanol–water partition coefficient (Wildman–Crippen LogP) is 4.92. The average molecular weight is 915 g/mol. The Kier molecular flexibility index (Phi) is 22.5. The molecular formula is C51H63N4NaO10. The van der Waals surface area contributed by atoms with Crippen molar-refractivity contribution < 1.29 is 78.3 Å². The smallest absolute Gasteiger partial charge is 0.662 e. The molecule has 4 rings (SSSR count). The number of aromatic hydroxyl groups is 1. The first-order valence-corrected chi connectivity index (χ1v) is 20.8. The number of carbonyl (C=O) groups excluding carboxylic acids is 6. The third-order valence-corrected chi connectivity index (χ3v) is 9.62. The first kappa shape index (κ1) is 58.0. The number of ether oxygens (including phenoxy) is 1. The van der Waals surface area contributed by atoms with Crippen LogP contribution in [0.5, 0.6) is 11.5 Å². The fourth-order valence-electron chi connectivity index (χ4n) is 6.74. The fourth-order valence-corrected chi connectivity index (χ4v) is 6.74. The van der Waals surface area contributed by atoms with E-state index in [1.807, 2.05) is 81.4 Å². The number of aryl methyl sites for hydroxylation is 4. The van der Waals surface area contributed by atoms with Crippen LogP contribution in [-0.4, -0.2) is 62.3 Å². The first-order chi connectivity index (χ1) is 30.2. The van der Waals surface area contributed by atoms with Gasteiger partial charge in [0.25, 0.3) is 30.1 Å². The fraction of sp³-hybridized carbons (Fsp3) is 0.333. The minimum Gasteiger partial charge on any atom is -0.662 e. The van der Waals surface area contributed by atoms with Crippen molar-refractivity contribution in [2.75, 3.05) is 0 Å². The van der Waals surface area contributed by atoms with E-state index in [-0.39, 0.29) is 53.6 Å². The molecule has 66 heavy (non-hydrogen) atoms. The van der Waals surface area contributed by atoms with Gasteiger partial charge in [-0.1, -0.05) is 58.7 Å². The Morgan fingerprint density at radius 1 is 0.652 bits per heavy atom. The molecule has 0 bridgehead atoms. The number of carbonyl (C=O) groups is 6. The molecule has 0 unspecified atom stereocenters. The van der Waals surface area contributed by atoms with Gasteiger partial charge in [-0.2, -0.15) is 0 Å². The molecule has 0 spiro atoms. The second-order valence-corrected chi connectivity index (χ2v) is 17.5. The zero-order valence-corrected chi connectivity index (χ0v) is 42.8. The Morgan fingerprint density at radius 3 is 1.33 bits per heavy atom. The summed E-state index contributed by atoms with van der Waals surface area (Å²) >= 11 is 0. The number of amides is 4. The van der Waals surface area contributed by atoms with Gasteiger partial charge in [0, 0.05) is 40.3 Å². The molecule has 0 aliphatic heterocycles. The number of phenols is 1. The summed E-state index contributed by atoms with van der Waals surface area (Å²) in [5, 5.41) is 21.5. The second kappa shape index (κ2) is 25.6. The van der Waals surface area contributed by atoms with Crippen molar-refractivity contribution in [2.24, 2.45) is 0 Å². The van der Waals surface area contributed by atoms with Crippen molar-refractivity contribution in [3.05, 3.63) is 153 Å². The molecule has 0 atom stereocenters. The van der Waals surface area contributed by atoms with E-state index < -0.39 is 28.9 Å². The van der Waals surface area contributed by atoms with Gasteiger partial charge in [-0.15, -0.1) is 13.2 Å². The summed E-state index contributed by atoms with van der Waals surface area (Å²) in [5.41, 5.74) is 12.2. The second-order valence-electron chi connectivity index (χ2n) is 17.5. The zero-order valence-electron chi connectivity index (χ0n) is 40.8. The molecule has 4 aromatic rings. The number of rotatable bonds is 10. The van der Waals surface area contributed by atoms with Gasteiger partial charge in [0.15, 0.2) is 0 Å². The third-order valence-electron chi connectivity index (χ3n) is 9.62. The summed E-state index contributed by atoms with van der Waals surface area (Å²) in [6, 6.07) is 18.0. The van der Waals surface area contributed by atoms with E-state index in [2.05, 4.69) is 28.9 Å². The number of phenolic OH excluding ortho intramolecular Hbond substituents is 1. The number of allylic oxidation sites excluding steroid dienone is 2. The van der Waals surface area contributed by atoms with Crippen molar-refractivity contribution in [1.82, 2.24) is 20.9 Å². The van der Waals surface area contributed by atoms with Crippen molar-refractivity contribution in [1.29, 1.82) is 0 Å². The molecule has 15 heteroatoms. The van der Waals surface area contributed by atoms with Gasteiger partial charge in [0.2, 0.25) is 0 Å². The summed E-state index contributed by atoms with van der Waals surface area (Å²) in [6.45, 7) is 30.7. The number of hydrazine groups is 2. The Labute approximate surface area is 411 Å². The summed E-state index contributed by atoms with van der Waals surface area (Å²) in [4.78, 5) is 75.6. The predicted molar refractivity (Wildman–Crippen MR) is 249 cm³/mol. The van der Waals surface area contributed by atoms with E-state index in [1.165, 1.54) is 16.9 Å². The van der Waals surface area contributed by atoms with E-state index in [4.69, 9.17) is 14.8 Å². The number of nitrogens with zero attached hydrogens (tertiary/aromatic N) is 2. The van der Waals surface area contributed by atoms with Crippen LogP contribution in [-0.2, 0) is 27.3 Å². The van der Waals surface area contributed by atoms with Gasteiger partial charge in [-0.3, -0.25) is 39.6 Å². The summed E-state index contributed by atoms with van der Waals surface area (Å²) < 4.78 is 5.39. The van der Waals surface area contributed by atoms with Gasteiger partial charge in [0.05, 0.1) is 11.1 Å². The molecular weight excluding hydrogens is 852 g/mol. The van der Waals surface area contributed by atoms with Crippen molar-refractivity contribution in [3.8, 4) is 11.5 Å². The molecule has 348 valence electrons. The molecule has 14 nitrogen and oxygen atoms in total. The van der Waals surface area contributed by atoms with Crippen molar-refractivity contribution in [2.45, 2.75) is 114 Å². The van der Waals surface area contributed by atoms with Gasteiger partial charge < -0.3 is 20.0 Å². The minimum absolute atomic E-state index is 0. The Balaban J connectivity index is 0.000000604. The van der Waals surface area contributed by atoms with Gasteiger partial charge >= 0.3 is 35.5 Å². The topological polar surface area (TPSA) is 195 Å². The molecule has 0 aromatic heterocycles. The average Bonchev–Trinajstić information content (AvgIpc) is 3.20. The monoisotopic (exact) mass is 914 g/mol. The van der Waals surface area contributed by atoms with Crippen LogP contribution in [0.1, 0.15) is 134 Å². The Hall–Kier alpha value is -6.06. The molecule has 0 fully saturated rings. The van der Waals surface area contributed by atoms with Crippen LogP contribution in [0.15, 0.2) is 86.0 Å². The van der Waals surface area contributed by atoms with Gasteiger partial charge in [0.1, 0.15) is 11.5 Å². The Morgan fingerprint density at radius 2 is 1.00 bits per heavy atom. The number of esters is 1. The van der Waals surface area contributed by atoms with Crippen LogP contribution in [0.25, 0.3) is 0 Å². The maximum absolute atomic E-state index is 13.3. The van der Waals surface area contributed by atoms with Crippen LogP contribution in [0.4, 0.5) is 0 Å². The number of hydrogen-bond acceptors (Lipinski definition) is 10. The molecule has 0 aliphatic carbocycles. The zero-order chi connectivity index (χ0) is 49.6. The van der Waals surface area contributed by atoms with Crippen molar-refractivity contribution >= 4 is 36.1 Å². The molecule has 4 aromatic carbocycles. The minimum atomic E-state index is -0.681. The summed E-state index contributed by atoms with van der Waals surface area (Å²) in [5.74, 6) is -1.57. The van der Waals surface area contributed by atoms with Gasteiger partial charge in [-0.05, 0) is 143 Å². The molecule has 0 aliphatic rings. The standard InChI is InChI=1S/C26H32N2O4.C24H30N2O3.CH2O3.Na/c1-9-10-20-11-12-22(18(4)23(20)32-19(5)29)24(30)27-28(26(6,7)8)25(31)21-14-16(2)13-17(3)15-21;1-8-9-18-10-11-20(17(4)21(18)27)22(28)25-26(24(5,6)7)23(29)19-13-15(2)12-16(3)14-19;2-1-4-3;/h9,11-15H,1,10H2,2-8H3,(H,27,30);8,10-14,27H,1,9H2,2-7H3,(H,25,28);1,3H;/q;;;+1/p-1. The number of hydrogen-bond donors (Lipinski definition) is 3. The molecule has 0 saturated heterocycles. The van der Waals surface area contributed by atoms with Crippen LogP contribution < -0.4 is 50.4 Å². The van der Waals surface area contributed by atoms with E-state index in [0.29, 0.717) is 57.5 Å². The van der Waals surface area contributed by atoms with Gasteiger partial charge in [-0.25, -0.2) is 10.0 Å². The number of benzene rings is 4.